The van der Waals surface area contributed by atoms with Gasteiger partial charge < -0.3 is 14.4 Å². The summed E-state index contributed by atoms with van der Waals surface area (Å²) in [7, 11) is 0. The number of benzene rings is 2. The molecule has 5 nitrogen and oxygen atoms in total. The molecule has 1 fully saturated rings. The van der Waals surface area contributed by atoms with E-state index in [1.807, 2.05) is 18.2 Å². The Balaban J connectivity index is 1.64. The van der Waals surface area contributed by atoms with Crippen LogP contribution in [0.4, 0.5) is 0 Å². The molecule has 1 aliphatic heterocycles. The van der Waals surface area contributed by atoms with Gasteiger partial charge in [-0.1, -0.05) is 36.4 Å². The molecule has 26 heavy (non-hydrogen) atoms. The van der Waals surface area contributed by atoms with Crippen molar-refractivity contribution in [1.82, 2.24) is 14.5 Å². The number of imidazole rings is 1. The number of para-hydroxylation sites is 2. The lowest BCUT2D eigenvalue weighted by Crippen LogP contribution is -2.37. The first kappa shape index (κ1) is 17.2. The van der Waals surface area contributed by atoms with Crippen molar-refractivity contribution in [3.8, 4) is 11.4 Å². The van der Waals surface area contributed by atoms with E-state index in [4.69, 9.17) is 9.72 Å². The number of hydrogen-bond donors (Lipinski definition) is 1. The molecule has 4 rings (SSSR count). The van der Waals surface area contributed by atoms with E-state index in [1.165, 1.54) is 5.56 Å². The van der Waals surface area contributed by atoms with Crippen LogP contribution in [0.25, 0.3) is 22.4 Å². The molecule has 0 bridgehead atoms. The summed E-state index contributed by atoms with van der Waals surface area (Å²) in [5, 5.41) is 9.47. The van der Waals surface area contributed by atoms with Crippen LogP contribution in [0, 0.1) is 0 Å². The maximum absolute atomic E-state index is 9.47. The number of aliphatic hydroxyl groups is 1. The highest BCUT2D eigenvalue weighted by Gasteiger charge is 2.19. The second kappa shape index (κ2) is 7.58. The largest absolute Gasteiger partial charge is 0.395 e. The van der Waals surface area contributed by atoms with Gasteiger partial charge in [0, 0.05) is 31.2 Å². The van der Waals surface area contributed by atoms with Crippen molar-refractivity contribution >= 4 is 11.0 Å². The minimum absolute atomic E-state index is 0.0967. The summed E-state index contributed by atoms with van der Waals surface area (Å²) in [5.41, 5.74) is 4.40. The van der Waals surface area contributed by atoms with Gasteiger partial charge in [0.25, 0.3) is 0 Å². The summed E-state index contributed by atoms with van der Waals surface area (Å²) in [6.07, 6.45) is 0. The predicted octanol–water partition coefficient (Wildman–Crippen LogP) is 3.09. The molecule has 0 aliphatic carbocycles. The summed E-state index contributed by atoms with van der Waals surface area (Å²) in [6, 6.07) is 17.1. The molecule has 0 saturated carbocycles. The summed E-state index contributed by atoms with van der Waals surface area (Å²) in [5.74, 6) is 0.908. The Kier molecular flexibility index (Phi) is 5.02. The van der Waals surface area contributed by atoms with Crippen LogP contribution in [0.1, 0.15) is 18.5 Å². The fourth-order valence-corrected chi connectivity index (χ4v) is 3.71. The highest BCUT2D eigenvalue weighted by Crippen LogP contribution is 2.27. The quantitative estimate of drug-likeness (QED) is 0.767. The summed E-state index contributed by atoms with van der Waals surface area (Å²) in [4.78, 5) is 7.25. The minimum Gasteiger partial charge on any atom is -0.395 e. The zero-order valence-electron chi connectivity index (χ0n) is 15.1. The van der Waals surface area contributed by atoms with Crippen LogP contribution in [0.2, 0.25) is 0 Å². The molecule has 5 heteroatoms. The Morgan fingerprint density at radius 1 is 1.08 bits per heavy atom. The number of morpholine rings is 1. The molecule has 1 atom stereocenters. The van der Waals surface area contributed by atoms with E-state index in [2.05, 4.69) is 46.7 Å². The molecule has 1 N–H and O–H groups in total. The van der Waals surface area contributed by atoms with Crippen LogP contribution in [-0.2, 0) is 11.3 Å². The highest BCUT2D eigenvalue weighted by atomic mass is 16.5. The van der Waals surface area contributed by atoms with Crippen LogP contribution in [0.3, 0.4) is 0 Å². The number of aliphatic hydroxyl groups excluding tert-OH is 1. The monoisotopic (exact) mass is 351 g/mol. The van der Waals surface area contributed by atoms with Crippen molar-refractivity contribution in [3.63, 3.8) is 0 Å². The second-order valence-corrected chi connectivity index (χ2v) is 6.75. The lowest BCUT2D eigenvalue weighted by molar-refractivity contribution is 0.0198. The third-order valence-electron chi connectivity index (χ3n) is 5.22. The first-order valence-electron chi connectivity index (χ1n) is 9.26. The lowest BCUT2D eigenvalue weighted by Gasteiger charge is -2.32. The van der Waals surface area contributed by atoms with Crippen LogP contribution in [0.15, 0.2) is 48.5 Å². The molecule has 0 radical (unpaired) electrons. The number of ether oxygens (including phenoxy) is 1. The smallest absolute Gasteiger partial charge is 0.141 e. The van der Waals surface area contributed by atoms with E-state index in [-0.39, 0.29) is 6.61 Å². The average molecular weight is 351 g/mol. The first-order valence-corrected chi connectivity index (χ1v) is 9.26. The van der Waals surface area contributed by atoms with Crippen LogP contribution >= 0.6 is 0 Å². The number of rotatable bonds is 5. The van der Waals surface area contributed by atoms with Crippen LogP contribution in [-0.4, -0.2) is 52.5 Å². The van der Waals surface area contributed by atoms with Gasteiger partial charge >= 0.3 is 0 Å². The van der Waals surface area contributed by atoms with Gasteiger partial charge in [-0.05, 0) is 24.6 Å². The fraction of sp³-hybridized carbons (Fsp3) is 0.381. The van der Waals surface area contributed by atoms with Crippen LogP contribution in [0.5, 0.6) is 0 Å². The maximum atomic E-state index is 9.47. The second-order valence-electron chi connectivity index (χ2n) is 6.75. The zero-order valence-corrected chi connectivity index (χ0v) is 15.1. The van der Waals surface area contributed by atoms with Gasteiger partial charge in [-0.3, -0.25) is 4.90 Å². The summed E-state index contributed by atoms with van der Waals surface area (Å²) < 4.78 is 7.55. The molecule has 2 aromatic carbocycles. The van der Waals surface area contributed by atoms with Gasteiger partial charge in [-0.2, -0.15) is 0 Å². The Morgan fingerprint density at radius 2 is 1.81 bits per heavy atom. The minimum atomic E-state index is 0.0967. The van der Waals surface area contributed by atoms with Gasteiger partial charge in [-0.25, -0.2) is 4.98 Å². The summed E-state index contributed by atoms with van der Waals surface area (Å²) >= 11 is 0. The number of fused-ring (bicyclic) bond motifs is 1. The van der Waals surface area contributed by atoms with Crippen molar-refractivity contribution < 1.29 is 9.84 Å². The maximum Gasteiger partial charge on any atom is 0.141 e. The zero-order chi connectivity index (χ0) is 17.9. The third-order valence-corrected chi connectivity index (χ3v) is 5.22. The molecule has 1 aliphatic rings. The van der Waals surface area contributed by atoms with E-state index in [0.717, 1.165) is 48.7 Å². The standard InChI is InChI=1S/C21H25N3O2/c1-16(23-11-14-26-15-12-23)17-6-8-18(9-7-17)21-22-19-4-2-3-5-20(19)24(21)10-13-25/h2-9,16,25H,10-15H2,1H3/t16-/m1/s1. The van der Waals surface area contributed by atoms with E-state index in [1.54, 1.807) is 0 Å². The molecule has 3 aromatic rings. The van der Waals surface area contributed by atoms with E-state index in [9.17, 15) is 5.11 Å². The molecular formula is C21H25N3O2. The van der Waals surface area contributed by atoms with Gasteiger partial charge in [-0.15, -0.1) is 0 Å². The Bertz CT molecular complexity index is 867. The molecule has 136 valence electrons. The molecule has 0 spiro atoms. The van der Waals surface area contributed by atoms with Crippen molar-refractivity contribution in [2.45, 2.75) is 19.5 Å². The van der Waals surface area contributed by atoms with Gasteiger partial charge in [0.15, 0.2) is 0 Å². The molecular weight excluding hydrogens is 326 g/mol. The van der Waals surface area contributed by atoms with Gasteiger partial charge in [0.2, 0.25) is 0 Å². The fourth-order valence-electron chi connectivity index (χ4n) is 3.71. The number of nitrogens with zero attached hydrogens (tertiary/aromatic N) is 3. The highest BCUT2D eigenvalue weighted by molar-refractivity contribution is 5.80. The van der Waals surface area contributed by atoms with Gasteiger partial charge in [0.1, 0.15) is 5.82 Å². The molecule has 1 aromatic heterocycles. The van der Waals surface area contributed by atoms with Gasteiger partial charge in [0.05, 0.1) is 30.9 Å². The van der Waals surface area contributed by atoms with Crippen molar-refractivity contribution in [2.24, 2.45) is 0 Å². The molecule has 2 heterocycles. The molecule has 0 amide bonds. The average Bonchev–Trinajstić information content (AvgIpc) is 3.07. The van der Waals surface area contributed by atoms with Crippen molar-refractivity contribution in [3.05, 3.63) is 54.1 Å². The third kappa shape index (κ3) is 3.26. The summed E-state index contributed by atoms with van der Waals surface area (Å²) in [6.45, 7) is 6.48. The van der Waals surface area contributed by atoms with E-state index in [0.29, 0.717) is 12.6 Å². The lowest BCUT2D eigenvalue weighted by atomic mass is 10.0. The Hall–Kier alpha value is -2.21. The first-order chi connectivity index (χ1) is 12.8. The SMILES string of the molecule is C[C@H](c1ccc(-c2nc3ccccc3n2CCO)cc1)N1CCOCC1. The molecule has 1 saturated heterocycles. The predicted molar refractivity (Wildman–Crippen MR) is 103 cm³/mol. The topological polar surface area (TPSA) is 50.5 Å². The molecule has 0 unspecified atom stereocenters. The van der Waals surface area contributed by atoms with Crippen LogP contribution < -0.4 is 0 Å². The Labute approximate surface area is 153 Å². The number of aromatic nitrogens is 2. The van der Waals surface area contributed by atoms with E-state index >= 15 is 0 Å². The normalized spacial score (nSPS) is 16.8. The van der Waals surface area contributed by atoms with E-state index < -0.39 is 0 Å². The van der Waals surface area contributed by atoms with Crippen molar-refractivity contribution in [1.29, 1.82) is 0 Å². The number of hydrogen-bond acceptors (Lipinski definition) is 4. The van der Waals surface area contributed by atoms with Crippen molar-refractivity contribution in [2.75, 3.05) is 32.9 Å². The Morgan fingerprint density at radius 3 is 2.54 bits per heavy atom.